The Balaban J connectivity index is 3.02. The summed E-state index contributed by atoms with van der Waals surface area (Å²) < 4.78 is 36.7. The van der Waals surface area contributed by atoms with Crippen molar-refractivity contribution in [2.24, 2.45) is 0 Å². The molecule has 5 nitrogen and oxygen atoms in total. The van der Waals surface area contributed by atoms with E-state index in [1.165, 1.54) is 6.20 Å². The Labute approximate surface area is 108 Å². The van der Waals surface area contributed by atoms with Crippen molar-refractivity contribution < 1.29 is 18.0 Å². The van der Waals surface area contributed by atoms with Gasteiger partial charge in [0.05, 0.1) is 11.9 Å². The van der Waals surface area contributed by atoms with Crippen LogP contribution in [0.4, 0.5) is 18.9 Å². The lowest BCUT2D eigenvalue weighted by molar-refractivity contribution is -0.138. The van der Waals surface area contributed by atoms with E-state index >= 15 is 0 Å². The van der Waals surface area contributed by atoms with Crippen molar-refractivity contribution >= 4 is 11.6 Å². The van der Waals surface area contributed by atoms with Crippen LogP contribution in [-0.2, 0) is 0 Å². The lowest BCUT2D eigenvalue weighted by Gasteiger charge is -2.19. The second kappa shape index (κ2) is 5.41. The van der Waals surface area contributed by atoms with Gasteiger partial charge in [0.2, 0.25) is 0 Å². The fraction of sp³-hybridized carbons (Fsp3) is 0.545. The fourth-order valence-corrected chi connectivity index (χ4v) is 1.38. The maximum absolute atomic E-state index is 12.2. The number of nitrogens with zero attached hydrogens (tertiary/aromatic N) is 3. The number of halogens is 3. The van der Waals surface area contributed by atoms with E-state index in [-0.39, 0.29) is 17.3 Å². The molecule has 0 radical (unpaired) electrons. The molecule has 0 aliphatic carbocycles. The van der Waals surface area contributed by atoms with Gasteiger partial charge in [0.25, 0.3) is 5.91 Å². The van der Waals surface area contributed by atoms with Gasteiger partial charge in [-0.25, -0.2) is 9.97 Å². The van der Waals surface area contributed by atoms with Crippen LogP contribution in [0.1, 0.15) is 36.1 Å². The van der Waals surface area contributed by atoms with Crippen molar-refractivity contribution in [3.8, 4) is 0 Å². The summed E-state index contributed by atoms with van der Waals surface area (Å²) in [6.45, 7) is 2.25. The molecule has 0 aromatic carbocycles. The molecule has 0 saturated carbocycles. The topological polar surface area (TPSA) is 72.1 Å². The lowest BCUT2D eigenvalue weighted by atomic mass is 10.2. The zero-order valence-corrected chi connectivity index (χ0v) is 10.8. The third-order valence-electron chi connectivity index (χ3n) is 2.32. The maximum Gasteiger partial charge on any atom is 0.406 e. The standard InChI is InChI=1S/C11H15F3N4O/c1-6(2)9-16-4-7(15)8(17-9)10(19)18(3)5-11(12,13)14/h4,6H,5,15H2,1-3H3. The molecule has 0 atom stereocenters. The molecule has 0 unspecified atom stereocenters. The van der Waals surface area contributed by atoms with Crippen LogP contribution in [0.3, 0.4) is 0 Å². The van der Waals surface area contributed by atoms with Gasteiger partial charge in [0.1, 0.15) is 12.4 Å². The van der Waals surface area contributed by atoms with Crippen LogP contribution in [-0.4, -0.2) is 40.5 Å². The van der Waals surface area contributed by atoms with Gasteiger partial charge in [0, 0.05) is 13.0 Å². The number of carbonyl (C=O) groups is 1. The maximum atomic E-state index is 12.2. The summed E-state index contributed by atoms with van der Waals surface area (Å²) >= 11 is 0. The van der Waals surface area contributed by atoms with Gasteiger partial charge in [-0.3, -0.25) is 4.79 Å². The SMILES string of the molecule is CC(C)c1ncc(N)c(C(=O)N(C)CC(F)(F)F)n1. The van der Waals surface area contributed by atoms with Crippen LogP contribution in [0.25, 0.3) is 0 Å². The average molecular weight is 276 g/mol. The Bertz CT molecular complexity index is 473. The van der Waals surface area contributed by atoms with Crippen LogP contribution in [0.5, 0.6) is 0 Å². The smallest absolute Gasteiger partial charge is 0.396 e. The molecular formula is C11H15F3N4O. The van der Waals surface area contributed by atoms with E-state index in [1.807, 2.05) is 0 Å². The number of nitrogens with two attached hydrogens (primary N) is 1. The molecule has 1 aromatic heterocycles. The van der Waals surface area contributed by atoms with Gasteiger partial charge < -0.3 is 10.6 Å². The number of amides is 1. The molecule has 1 heterocycles. The zero-order chi connectivity index (χ0) is 14.8. The third kappa shape index (κ3) is 4.08. The molecule has 0 fully saturated rings. The average Bonchev–Trinajstić information content (AvgIpc) is 2.26. The quantitative estimate of drug-likeness (QED) is 0.914. The van der Waals surface area contributed by atoms with Crippen LogP contribution < -0.4 is 5.73 Å². The van der Waals surface area contributed by atoms with E-state index in [9.17, 15) is 18.0 Å². The molecule has 0 spiro atoms. The second-order valence-corrected chi connectivity index (χ2v) is 4.46. The normalized spacial score (nSPS) is 11.7. The largest absolute Gasteiger partial charge is 0.406 e. The molecule has 0 aliphatic rings. The summed E-state index contributed by atoms with van der Waals surface area (Å²) in [5.74, 6) is -0.572. The lowest BCUT2D eigenvalue weighted by Crippen LogP contribution is -2.36. The predicted octanol–water partition coefficient (Wildman–Crippen LogP) is 1.82. The molecular weight excluding hydrogens is 261 g/mol. The van der Waals surface area contributed by atoms with E-state index in [0.717, 1.165) is 7.05 Å². The van der Waals surface area contributed by atoms with E-state index < -0.39 is 18.6 Å². The van der Waals surface area contributed by atoms with Gasteiger partial charge in [-0.1, -0.05) is 13.8 Å². The van der Waals surface area contributed by atoms with Gasteiger partial charge in [-0.2, -0.15) is 13.2 Å². The molecule has 1 rings (SSSR count). The number of alkyl halides is 3. The number of hydrogen-bond donors (Lipinski definition) is 1. The Hall–Kier alpha value is -1.86. The van der Waals surface area contributed by atoms with Crippen molar-refractivity contribution in [1.82, 2.24) is 14.9 Å². The predicted molar refractivity (Wildman–Crippen MR) is 63.5 cm³/mol. The number of anilines is 1. The van der Waals surface area contributed by atoms with E-state index in [2.05, 4.69) is 9.97 Å². The fourth-order valence-electron chi connectivity index (χ4n) is 1.38. The van der Waals surface area contributed by atoms with Crippen LogP contribution in [0.15, 0.2) is 6.20 Å². The number of rotatable bonds is 3. The molecule has 19 heavy (non-hydrogen) atoms. The summed E-state index contributed by atoms with van der Waals surface area (Å²) in [5, 5.41) is 0. The number of carbonyl (C=O) groups excluding carboxylic acids is 1. The Morgan fingerprint density at radius 1 is 1.47 bits per heavy atom. The van der Waals surface area contributed by atoms with Gasteiger partial charge >= 0.3 is 6.18 Å². The Morgan fingerprint density at radius 3 is 2.53 bits per heavy atom. The molecule has 0 saturated heterocycles. The van der Waals surface area contributed by atoms with Crippen molar-refractivity contribution in [1.29, 1.82) is 0 Å². The number of hydrogen-bond acceptors (Lipinski definition) is 4. The van der Waals surface area contributed by atoms with Crippen molar-refractivity contribution in [3.05, 3.63) is 17.7 Å². The summed E-state index contributed by atoms with van der Waals surface area (Å²) in [7, 11) is 1.05. The molecule has 8 heteroatoms. The summed E-state index contributed by atoms with van der Waals surface area (Å²) in [4.78, 5) is 20.3. The second-order valence-electron chi connectivity index (χ2n) is 4.46. The summed E-state index contributed by atoms with van der Waals surface area (Å²) in [6.07, 6.45) is -3.23. The minimum atomic E-state index is -4.47. The van der Waals surface area contributed by atoms with Crippen LogP contribution in [0, 0.1) is 0 Å². The highest BCUT2D eigenvalue weighted by molar-refractivity contribution is 5.96. The molecule has 2 N–H and O–H groups in total. The number of aromatic nitrogens is 2. The first-order valence-electron chi connectivity index (χ1n) is 5.56. The first kappa shape index (κ1) is 15.2. The number of nitrogen functional groups attached to an aromatic ring is 1. The Kier molecular flexibility index (Phi) is 4.33. The molecule has 106 valence electrons. The van der Waals surface area contributed by atoms with E-state index in [1.54, 1.807) is 13.8 Å². The van der Waals surface area contributed by atoms with Crippen molar-refractivity contribution in [3.63, 3.8) is 0 Å². The monoisotopic (exact) mass is 276 g/mol. The van der Waals surface area contributed by atoms with Gasteiger partial charge in [-0.05, 0) is 0 Å². The molecule has 0 bridgehead atoms. The highest BCUT2D eigenvalue weighted by Crippen LogP contribution is 2.19. The molecule has 1 amide bonds. The first-order valence-corrected chi connectivity index (χ1v) is 5.56. The van der Waals surface area contributed by atoms with Gasteiger partial charge in [0.15, 0.2) is 5.69 Å². The third-order valence-corrected chi connectivity index (χ3v) is 2.32. The zero-order valence-electron chi connectivity index (χ0n) is 10.8. The van der Waals surface area contributed by atoms with Crippen molar-refractivity contribution in [2.75, 3.05) is 19.3 Å². The molecule has 1 aromatic rings. The van der Waals surface area contributed by atoms with Crippen LogP contribution >= 0.6 is 0 Å². The van der Waals surface area contributed by atoms with Crippen molar-refractivity contribution in [2.45, 2.75) is 25.9 Å². The highest BCUT2D eigenvalue weighted by atomic mass is 19.4. The molecule has 0 aliphatic heterocycles. The summed E-state index contributed by atoms with van der Waals surface area (Å²) in [5.41, 5.74) is 5.30. The Morgan fingerprint density at radius 2 is 2.05 bits per heavy atom. The highest BCUT2D eigenvalue weighted by Gasteiger charge is 2.32. The van der Waals surface area contributed by atoms with Crippen LogP contribution in [0.2, 0.25) is 0 Å². The minimum Gasteiger partial charge on any atom is -0.396 e. The van der Waals surface area contributed by atoms with E-state index in [4.69, 9.17) is 5.73 Å². The minimum absolute atomic E-state index is 0.0385. The van der Waals surface area contributed by atoms with Gasteiger partial charge in [-0.15, -0.1) is 0 Å². The summed E-state index contributed by atoms with van der Waals surface area (Å²) in [6, 6.07) is 0. The van der Waals surface area contributed by atoms with E-state index in [0.29, 0.717) is 10.7 Å². The first-order chi connectivity index (χ1) is 8.61.